The first kappa shape index (κ1) is 14.9. The molecule has 2 nitrogen and oxygen atoms in total. The molecule has 0 bridgehead atoms. The Balaban J connectivity index is 4.31. The Labute approximate surface area is 95.0 Å². The van der Waals surface area contributed by atoms with E-state index in [0.717, 1.165) is 0 Å². The molecule has 0 amide bonds. The van der Waals surface area contributed by atoms with E-state index in [1.807, 2.05) is 0 Å². The van der Waals surface area contributed by atoms with Crippen LogP contribution in [-0.4, -0.2) is 23.9 Å². The van der Waals surface area contributed by atoms with Crippen LogP contribution in [0.5, 0.6) is 0 Å². The van der Waals surface area contributed by atoms with Gasteiger partial charge in [0.05, 0.1) is 18.8 Å². The van der Waals surface area contributed by atoms with Crippen LogP contribution in [0.2, 0.25) is 0 Å². The summed E-state index contributed by atoms with van der Waals surface area (Å²) in [5.74, 6) is 0.550. The Morgan fingerprint density at radius 2 is 1.73 bits per heavy atom. The van der Waals surface area contributed by atoms with Gasteiger partial charge < -0.3 is 9.84 Å². The lowest BCUT2D eigenvalue weighted by atomic mass is 9.80. The number of ether oxygens (including phenoxy) is 1. The first-order valence-electron chi connectivity index (χ1n) is 6.08. The third-order valence-corrected chi connectivity index (χ3v) is 2.63. The van der Waals surface area contributed by atoms with Gasteiger partial charge in [0, 0.05) is 0 Å². The van der Waals surface area contributed by atoms with Crippen LogP contribution in [0.25, 0.3) is 0 Å². The smallest absolute Gasteiger partial charge is 0.0745 e. The van der Waals surface area contributed by atoms with Crippen LogP contribution in [0.15, 0.2) is 0 Å². The topological polar surface area (TPSA) is 29.5 Å². The van der Waals surface area contributed by atoms with E-state index in [9.17, 15) is 5.11 Å². The molecule has 0 aliphatic rings. The molecule has 0 radical (unpaired) electrons. The van der Waals surface area contributed by atoms with Crippen molar-refractivity contribution < 1.29 is 9.84 Å². The SMILES string of the molecule is CCCC(C)C(OCC(C)O)C(C)(C)C. The van der Waals surface area contributed by atoms with E-state index in [0.29, 0.717) is 12.5 Å². The summed E-state index contributed by atoms with van der Waals surface area (Å²) in [5.41, 5.74) is 0.142. The Kier molecular flexibility index (Phi) is 6.46. The maximum Gasteiger partial charge on any atom is 0.0745 e. The lowest BCUT2D eigenvalue weighted by molar-refractivity contribution is -0.0785. The van der Waals surface area contributed by atoms with Gasteiger partial charge >= 0.3 is 0 Å². The highest BCUT2D eigenvalue weighted by atomic mass is 16.5. The average Bonchev–Trinajstić information content (AvgIpc) is 2.01. The summed E-state index contributed by atoms with van der Waals surface area (Å²) >= 11 is 0. The molecule has 3 unspecified atom stereocenters. The number of aliphatic hydroxyl groups is 1. The van der Waals surface area contributed by atoms with E-state index in [4.69, 9.17) is 4.74 Å². The minimum Gasteiger partial charge on any atom is -0.391 e. The zero-order valence-corrected chi connectivity index (χ0v) is 11.2. The molecule has 2 heteroatoms. The van der Waals surface area contributed by atoms with E-state index >= 15 is 0 Å². The zero-order chi connectivity index (χ0) is 12.1. The quantitative estimate of drug-likeness (QED) is 0.738. The van der Waals surface area contributed by atoms with Crippen molar-refractivity contribution in [3.05, 3.63) is 0 Å². The molecule has 0 heterocycles. The van der Waals surface area contributed by atoms with E-state index in [2.05, 4.69) is 34.6 Å². The monoisotopic (exact) mass is 216 g/mol. The van der Waals surface area contributed by atoms with Crippen LogP contribution >= 0.6 is 0 Å². The number of hydrogen-bond acceptors (Lipinski definition) is 2. The predicted molar refractivity (Wildman–Crippen MR) is 64.9 cm³/mol. The first-order chi connectivity index (χ1) is 6.79. The predicted octanol–water partition coefficient (Wildman–Crippen LogP) is 3.23. The van der Waals surface area contributed by atoms with Gasteiger partial charge in [0.1, 0.15) is 0 Å². The van der Waals surface area contributed by atoms with Crippen LogP contribution in [0.1, 0.15) is 54.4 Å². The van der Waals surface area contributed by atoms with Crippen molar-refractivity contribution in [3.8, 4) is 0 Å². The standard InChI is InChI=1S/C13H28O2/c1-7-8-10(2)12(13(4,5)6)15-9-11(3)14/h10-12,14H,7-9H2,1-6H3. The molecule has 0 saturated heterocycles. The van der Waals surface area contributed by atoms with Gasteiger partial charge in [-0.25, -0.2) is 0 Å². The zero-order valence-electron chi connectivity index (χ0n) is 11.2. The van der Waals surface area contributed by atoms with Crippen LogP contribution in [-0.2, 0) is 4.74 Å². The summed E-state index contributed by atoms with van der Waals surface area (Å²) in [6, 6.07) is 0. The molecular weight excluding hydrogens is 188 g/mol. The second-order valence-corrected chi connectivity index (χ2v) is 5.73. The average molecular weight is 216 g/mol. The summed E-state index contributed by atoms with van der Waals surface area (Å²) in [5, 5.41) is 9.25. The summed E-state index contributed by atoms with van der Waals surface area (Å²) in [7, 11) is 0. The highest BCUT2D eigenvalue weighted by Crippen LogP contribution is 2.30. The molecule has 0 aromatic carbocycles. The molecule has 0 aromatic heterocycles. The van der Waals surface area contributed by atoms with E-state index in [-0.39, 0.29) is 17.6 Å². The minimum atomic E-state index is -0.372. The molecule has 15 heavy (non-hydrogen) atoms. The van der Waals surface area contributed by atoms with E-state index < -0.39 is 0 Å². The van der Waals surface area contributed by atoms with E-state index in [1.165, 1.54) is 12.8 Å². The Morgan fingerprint density at radius 3 is 2.07 bits per heavy atom. The lowest BCUT2D eigenvalue weighted by Gasteiger charge is -2.35. The van der Waals surface area contributed by atoms with Crippen molar-refractivity contribution in [2.24, 2.45) is 11.3 Å². The first-order valence-corrected chi connectivity index (χ1v) is 6.08. The van der Waals surface area contributed by atoms with Gasteiger partial charge in [-0.15, -0.1) is 0 Å². The van der Waals surface area contributed by atoms with Crippen LogP contribution < -0.4 is 0 Å². The Morgan fingerprint density at radius 1 is 1.20 bits per heavy atom. The highest BCUT2D eigenvalue weighted by molar-refractivity contribution is 4.79. The maximum atomic E-state index is 9.25. The van der Waals surface area contributed by atoms with Gasteiger partial charge in [-0.2, -0.15) is 0 Å². The Hall–Kier alpha value is -0.0800. The summed E-state index contributed by atoms with van der Waals surface area (Å²) in [6.45, 7) is 13.2. The second-order valence-electron chi connectivity index (χ2n) is 5.73. The fraction of sp³-hybridized carbons (Fsp3) is 1.00. The highest BCUT2D eigenvalue weighted by Gasteiger charge is 2.30. The van der Waals surface area contributed by atoms with E-state index in [1.54, 1.807) is 6.92 Å². The molecule has 0 aliphatic heterocycles. The number of aliphatic hydroxyl groups excluding tert-OH is 1. The van der Waals surface area contributed by atoms with Crippen molar-refractivity contribution >= 4 is 0 Å². The second kappa shape index (κ2) is 6.49. The van der Waals surface area contributed by atoms with Gasteiger partial charge in [-0.1, -0.05) is 41.0 Å². The fourth-order valence-corrected chi connectivity index (χ4v) is 2.12. The van der Waals surface area contributed by atoms with Crippen LogP contribution in [0, 0.1) is 11.3 Å². The van der Waals surface area contributed by atoms with Gasteiger partial charge in [0.25, 0.3) is 0 Å². The third kappa shape index (κ3) is 6.16. The van der Waals surface area contributed by atoms with Crippen molar-refractivity contribution in [1.29, 1.82) is 0 Å². The van der Waals surface area contributed by atoms with Gasteiger partial charge in [-0.3, -0.25) is 0 Å². The molecule has 3 atom stereocenters. The molecule has 1 N–H and O–H groups in total. The molecule has 0 saturated carbocycles. The van der Waals surface area contributed by atoms with Gasteiger partial charge in [-0.05, 0) is 24.7 Å². The van der Waals surface area contributed by atoms with Crippen molar-refractivity contribution in [2.75, 3.05) is 6.61 Å². The molecule has 92 valence electrons. The largest absolute Gasteiger partial charge is 0.391 e. The maximum absolute atomic E-state index is 9.25. The van der Waals surface area contributed by atoms with Crippen molar-refractivity contribution in [2.45, 2.75) is 66.6 Å². The van der Waals surface area contributed by atoms with Crippen molar-refractivity contribution in [3.63, 3.8) is 0 Å². The van der Waals surface area contributed by atoms with Crippen LogP contribution in [0.3, 0.4) is 0 Å². The molecule has 0 fully saturated rings. The van der Waals surface area contributed by atoms with Crippen LogP contribution in [0.4, 0.5) is 0 Å². The van der Waals surface area contributed by atoms with Gasteiger partial charge in [0.2, 0.25) is 0 Å². The summed E-state index contributed by atoms with van der Waals surface area (Å²) in [4.78, 5) is 0. The minimum absolute atomic E-state index is 0.142. The number of rotatable bonds is 6. The van der Waals surface area contributed by atoms with Crippen molar-refractivity contribution in [1.82, 2.24) is 0 Å². The molecule has 0 aliphatic carbocycles. The number of hydrogen-bond donors (Lipinski definition) is 1. The lowest BCUT2D eigenvalue weighted by Crippen LogP contribution is -2.37. The molecule has 0 spiro atoms. The third-order valence-electron chi connectivity index (χ3n) is 2.63. The summed E-state index contributed by atoms with van der Waals surface area (Å²) in [6.07, 6.45) is 2.23. The fourth-order valence-electron chi connectivity index (χ4n) is 2.12. The normalized spacial score (nSPS) is 18.6. The molecular formula is C13H28O2. The molecule has 0 rings (SSSR count). The summed E-state index contributed by atoms with van der Waals surface area (Å²) < 4.78 is 5.83. The molecule has 0 aromatic rings. The van der Waals surface area contributed by atoms with Gasteiger partial charge in [0.15, 0.2) is 0 Å². The Bertz CT molecular complexity index is 158.